The lowest BCUT2D eigenvalue weighted by molar-refractivity contribution is 0.592. The van der Waals surface area contributed by atoms with E-state index < -0.39 is 9.84 Å². The molecule has 3 aromatic rings. The van der Waals surface area contributed by atoms with Gasteiger partial charge < -0.3 is 0 Å². The first-order valence-corrected chi connectivity index (χ1v) is 8.94. The van der Waals surface area contributed by atoms with Crippen molar-refractivity contribution in [1.29, 1.82) is 0 Å². The number of hydrogen-bond donors (Lipinski definition) is 0. The maximum Gasteiger partial charge on any atom is 0.171 e. The number of aryl methyl sites for hydroxylation is 1. The van der Waals surface area contributed by atoms with Gasteiger partial charge in [0.1, 0.15) is 5.75 Å². The molecule has 0 atom stereocenters. The average molecular weight is 328 g/mol. The number of benzene rings is 2. The van der Waals surface area contributed by atoms with Gasteiger partial charge in [-0.1, -0.05) is 48.0 Å². The van der Waals surface area contributed by atoms with Gasteiger partial charge in [0, 0.05) is 0 Å². The molecule has 118 valence electrons. The van der Waals surface area contributed by atoms with Crippen molar-refractivity contribution >= 4 is 9.84 Å². The van der Waals surface area contributed by atoms with Gasteiger partial charge in [-0.2, -0.15) is 4.68 Å². The molecule has 0 aliphatic rings. The van der Waals surface area contributed by atoms with E-state index in [2.05, 4.69) is 15.5 Å². The molecule has 0 aliphatic carbocycles. The fourth-order valence-corrected chi connectivity index (χ4v) is 3.73. The Balaban J connectivity index is 1.83. The zero-order valence-electron chi connectivity index (χ0n) is 12.6. The first-order valence-electron chi connectivity index (χ1n) is 7.12. The zero-order valence-corrected chi connectivity index (χ0v) is 13.4. The van der Waals surface area contributed by atoms with E-state index in [1.54, 1.807) is 0 Å². The molecule has 0 saturated carbocycles. The molecule has 0 saturated heterocycles. The molecule has 0 fully saturated rings. The molecule has 0 bridgehead atoms. The van der Waals surface area contributed by atoms with Crippen LogP contribution < -0.4 is 0 Å². The summed E-state index contributed by atoms with van der Waals surface area (Å²) in [7, 11) is -3.37. The van der Waals surface area contributed by atoms with Gasteiger partial charge in [0.2, 0.25) is 0 Å². The lowest BCUT2D eigenvalue weighted by Gasteiger charge is -2.06. The molecule has 7 heteroatoms. The van der Waals surface area contributed by atoms with Crippen LogP contribution in [0.15, 0.2) is 54.6 Å². The quantitative estimate of drug-likeness (QED) is 0.716. The molecule has 0 aliphatic heterocycles. The first kappa shape index (κ1) is 15.4. The van der Waals surface area contributed by atoms with E-state index in [1.807, 2.05) is 61.5 Å². The minimum atomic E-state index is -3.37. The topological polar surface area (TPSA) is 77.7 Å². The van der Waals surface area contributed by atoms with Crippen molar-refractivity contribution in [1.82, 2.24) is 20.2 Å². The molecule has 3 rings (SSSR count). The highest BCUT2D eigenvalue weighted by Crippen LogP contribution is 2.14. The molecule has 0 radical (unpaired) electrons. The Labute approximate surface area is 134 Å². The predicted octanol–water partition coefficient (Wildman–Crippen LogP) is 2.09. The molecule has 1 aromatic heterocycles. The average Bonchev–Trinajstić information content (AvgIpc) is 2.95. The van der Waals surface area contributed by atoms with Crippen molar-refractivity contribution in [2.24, 2.45) is 0 Å². The molecule has 23 heavy (non-hydrogen) atoms. The van der Waals surface area contributed by atoms with Crippen LogP contribution in [-0.2, 0) is 21.3 Å². The smallest absolute Gasteiger partial charge is 0.171 e. The van der Waals surface area contributed by atoms with Crippen molar-refractivity contribution in [2.45, 2.75) is 18.4 Å². The second-order valence-electron chi connectivity index (χ2n) is 5.36. The third kappa shape index (κ3) is 3.81. The van der Waals surface area contributed by atoms with E-state index in [0.29, 0.717) is 5.82 Å². The van der Waals surface area contributed by atoms with Crippen LogP contribution in [-0.4, -0.2) is 28.6 Å². The SMILES string of the molecule is Cc1cccc(CS(=O)(=O)Cc2nnnn2-c2ccccc2)c1. The maximum absolute atomic E-state index is 12.5. The van der Waals surface area contributed by atoms with Gasteiger partial charge in [-0.05, 0) is 35.0 Å². The van der Waals surface area contributed by atoms with E-state index in [4.69, 9.17) is 0 Å². The van der Waals surface area contributed by atoms with Crippen LogP contribution in [0.2, 0.25) is 0 Å². The number of nitrogens with zero attached hydrogens (tertiary/aromatic N) is 4. The van der Waals surface area contributed by atoms with Crippen LogP contribution in [0, 0.1) is 6.92 Å². The van der Waals surface area contributed by atoms with Gasteiger partial charge in [0.15, 0.2) is 15.7 Å². The summed E-state index contributed by atoms with van der Waals surface area (Å²) in [5, 5.41) is 11.3. The predicted molar refractivity (Wildman–Crippen MR) is 86.7 cm³/mol. The lowest BCUT2D eigenvalue weighted by atomic mass is 10.2. The Kier molecular flexibility index (Phi) is 4.20. The Hall–Kier alpha value is -2.54. The van der Waals surface area contributed by atoms with Crippen molar-refractivity contribution in [3.8, 4) is 5.69 Å². The molecule has 0 spiro atoms. The number of aromatic nitrogens is 4. The molecule has 1 heterocycles. The number of para-hydroxylation sites is 1. The Morgan fingerprint density at radius 2 is 1.78 bits per heavy atom. The number of sulfone groups is 1. The molecule has 2 aromatic carbocycles. The fraction of sp³-hybridized carbons (Fsp3) is 0.188. The summed E-state index contributed by atoms with van der Waals surface area (Å²) < 4.78 is 26.4. The fourth-order valence-electron chi connectivity index (χ4n) is 2.37. The third-order valence-electron chi connectivity index (χ3n) is 3.35. The van der Waals surface area contributed by atoms with E-state index >= 15 is 0 Å². The summed E-state index contributed by atoms with van der Waals surface area (Å²) in [6.07, 6.45) is 0. The highest BCUT2D eigenvalue weighted by atomic mass is 32.2. The zero-order chi connectivity index (χ0) is 16.3. The monoisotopic (exact) mass is 328 g/mol. The largest absolute Gasteiger partial charge is 0.228 e. The van der Waals surface area contributed by atoms with Crippen LogP contribution >= 0.6 is 0 Å². The van der Waals surface area contributed by atoms with E-state index in [1.165, 1.54) is 4.68 Å². The Morgan fingerprint density at radius 3 is 2.52 bits per heavy atom. The minimum Gasteiger partial charge on any atom is -0.228 e. The van der Waals surface area contributed by atoms with Crippen LogP contribution in [0.1, 0.15) is 17.0 Å². The highest BCUT2D eigenvalue weighted by molar-refractivity contribution is 7.89. The van der Waals surface area contributed by atoms with Gasteiger partial charge in [-0.25, -0.2) is 8.42 Å². The maximum atomic E-state index is 12.5. The summed E-state index contributed by atoms with van der Waals surface area (Å²) in [4.78, 5) is 0. The van der Waals surface area contributed by atoms with Crippen molar-refractivity contribution in [3.63, 3.8) is 0 Å². The third-order valence-corrected chi connectivity index (χ3v) is 4.82. The second kappa shape index (κ2) is 6.29. The number of rotatable bonds is 5. The van der Waals surface area contributed by atoms with Crippen LogP contribution in [0.5, 0.6) is 0 Å². The highest BCUT2D eigenvalue weighted by Gasteiger charge is 2.19. The summed E-state index contributed by atoms with van der Waals surface area (Å²) in [6, 6.07) is 16.7. The first-order chi connectivity index (χ1) is 11.0. The van der Waals surface area contributed by atoms with Gasteiger partial charge in [0.25, 0.3) is 0 Å². The summed E-state index contributed by atoms with van der Waals surface area (Å²) in [6.45, 7) is 1.94. The Bertz CT molecular complexity index is 905. The van der Waals surface area contributed by atoms with Crippen LogP contribution in [0.4, 0.5) is 0 Å². The molecule has 6 nitrogen and oxygen atoms in total. The van der Waals surface area contributed by atoms with E-state index in [9.17, 15) is 8.42 Å². The van der Waals surface area contributed by atoms with Gasteiger partial charge >= 0.3 is 0 Å². The van der Waals surface area contributed by atoms with Gasteiger partial charge in [0.05, 0.1) is 11.4 Å². The minimum absolute atomic E-state index is 0.0314. The molecule has 0 amide bonds. The second-order valence-corrected chi connectivity index (χ2v) is 7.43. The number of tetrazole rings is 1. The van der Waals surface area contributed by atoms with Gasteiger partial charge in [-0.15, -0.1) is 5.10 Å². The van der Waals surface area contributed by atoms with Crippen molar-refractivity contribution in [3.05, 3.63) is 71.5 Å². The van der Waals surface area contributed by atoms with Crippen LogP contribution in [0.25, 0.3) is 5.69 Å². The summed E-state index contributed by atoms with van der Waals surface area (Å²) >= 11 is 0. The number of hydrogen-bond acceptors (Lipinski definition) is 5. The summed E-state index contributed by atoms with van der Waals surface area (Å²) in [5.41, 5.74) is 2.54. The normalized spacial score (nSPS) is 11.5. The van der Waals surface area contributed by atoms with Crippen molar-refractivity contribution < 1.29 is 8.42 Å². The van der Waals surface area contributed by atoms with E-state index in [0.717, 1.165) is 16.8 Å². The molecular weight excluding hydrogens is 312 g/mol. The lowest BCUT2D eigenvalue weighted by Crippen LogP contribution is -2.12. The van der Waals surface area contributed by atoms with Gasteiger partial charge in [-0.3, -0.25) is 0 Å². The summed E-state index contributed by atoms with van der Waals surface area (Å²) in [5.74, 6) is 0.0722. The molecular formula is C16H16N4O2S. The Morgan fingerprint density at radius 1 is 1.00 bits per heavy atom. The molecule has 0 N–H and O–H groups in total. The van der Waals surface area contributed by atoms with Crippen LogP contribution in [0.3, 0.4) is 0 Å². The standard InChI is InChI=1S/C16H16N4O2S/c1-13-6-5-7-14(10-13)11-23(21,22)12-16-17-18-19-20(16)15-8-3-2-4-9-15/h2-10H,11-12H2,1H3. The van der Waals surface area contributed by atoms with E-state index in [-0.39, 0.29) is 11.5 Å². The molecule has 0 unspecified atom stereocenters. The van der Waals surface area contributed by atoms with Crippen molar-refractivity contribution in [2.75, 3.05) is 0 Å².